The summed E-state index contributed by atoms with van der Waals surface area (Å²) >= 11 is 6.06. The molecule has 0 aliphatic carbocycles. The summed E-state index contributed by atoms with van der Waals surface area (Å²) in [5, 5.41) is 6.75. The Morgan fingerprint density at radius 1 is 1.19 bits per heavy atom. The molecule has 0 saturated carbocycles. The lowest BCUT2D eigenvalue weighted by atomic mass is 10.1. The Morgan fingerprint density at radius 2 is 1.94 bits per heavy atom. The van der Waals surface area contributed by atoms with Crippen LogP contribution in [-0.4, -0.2) is 37.6 Å². The maximum atomic E-state index is 13.0. The highest BCUT2D eigenvalue weighted by Crippen LogP contribution is 2.27. The number of hydrogen-bond donors (Lipinski definition) is 2. The van der Waals surface area contributed by atoms with Crippen LogP contribution in [0.15, 0.2) is 45.8 Å². The molecule has 1 unspecified atom stereocenters. The molecule has 11 heteroatoms. The summed E-state index contributed by atoms with van der Waals surface area (Å²) in [5.41, 5.74) is 1.39. The molecule has 0 aliphatic rings. The van der Waals surface area contributed by atoms with Crippen molar-refractivity contribution in [3.8, 4) is 17.1 Å². The lowest BCUT2D eigenvalue weighted by Crippen LogP contribution is -2.41. The Hall–Kier alpha value is -2.95. The molecule has 3 aromatic rings. The first-order chi connectivity index (χ1) is 14.6. The van der Waals surface area contributed by atoms with Crippen molar-refractivity contribution in [2.45, 2.75) is 31.7 Å². The van der Waals surface area contributed by atoms with Crippen LogP contribution in [0.25, 0.3) is 11.4 Å². The maximum absolute atomic E-state index is 13.0. The summed E-state index contributed by atoms with van der Waals surface area (Å²) in [6.45, 7) is 4.74. The van der Waals surface area contributed by atoms with Crippen LogP contribution in [-0.2, 0) is 14.8 Å². The van der Waals surface area contributed by atoms with Crippen LogP contribution in [0.5, 0.6) is 5.75 Å². The third kappa shape index (κ3) is 5.22. The number of benzene rings is 2. The summed E-state index contributed by atoms with van der Waals surface area (Å²) in [6, 6.07) is 8.44. The first kappa shape index (κ1) is 22.7. The van der Waals surface area contributed by atoms with E-state index in [0.29, 0.717) is 33.5 Å². The number of anilines is 1. The predicted molar refractivity (Wildman–Crippen MR) is 116 cm³/mol. The molecule has 9 nitrogen and oxygen atoms in total. The van der Waals surface area contributed by atoms with Crippen molar-refractivity contribution in [1.29, 1.82) is 0 Å². The van der Waals surface area contributed by atoms with Gasteiger partial charge in [-0.2, -0.15) is 9.71 Å². The Labute approximate surface area is 184 Å². The number of carbonyl (C=O) groups excluding carboxylic acids is 1. The van der Waals surface area contributed by atoms with E-state index in [4.69, 9.17) is 20.9 Å². The molecule has 1 aromatic heterocycles. The van der Waals surface area contributed by atoms with Gasteiger partial charge in [0.1, 0.15) is 5.75 Å². The Morgan fingerprint density at radius 3 is 2.55 bits per heavy atom. The van der Waals surface area contributed by atoms with Gasteiger partial charge in [-0.25, -0.2) is 8.42 Å². The highest BCUT2D eigenvalue weighted by Gasteiger charge is 2.24. The fourth-order valence-electron chi connectivity index (χ4n) is 2.79. The second kappa shape index (κ2) is 9.04. The molecule has 0 fully saturated rings. The number of hydrogen-bond acceptors (Lipinski definition) is 7. The fraction of sp³-hybridized carbons (Fsp3) is 0.250. The van der Waals surface area contributed by atoms with E-state index in [0.717, 1.165) is 0 Å². The van der Waals surface area contributed by atoms with E-state index in [1.807, 2.05) is 0 Å². The molecular formula is C20H21ClN4O5S. The van der Waals surface area contributed by atoms with Crippen molar-refractivity contribution in [3.63, 3.8) is 0 Å². The minimum absolute atomic E-state index is 0.0135. The number of ether oxygens (including phenoxy) is 1. The number of nitrogens with zero attached hydrogens (tertiary/aromatic N) is 2. The number of halogens is 1. The third-order valence-corrected chi connectivity index (χ3v) is 6.39. The zero-order valence-electron chi connectivity index (χ0n) is 17.3. The van der Waals surface area contributed by atoms with E-state index < -0.39 is 22.0 Å². The van der Waals surface area contributed by atoms with Crippen molar-refractivity contribution >= 4 is 33.2 Å². The molecule has 0 bridgehead atoms. The normalized spacial score (nSPS) is 12.4. The molecule has 0 aliphatic heterocycles. The van der Waals surface area contributed by atoms with Gasteiger partial charge in [0.15, 0.2) is 0 Å². The molecule has 2 aromatic carbocycles. The summed E-state index contributed by atoms with van der Waals surface area (Å²) < 4.78 is 38.3. The summed E-state index contributed by atoms with van der Waals surface area (Å²) in [7, 11) is -2.53. The Balaban J connectivity index is 1.78. The number of rotatable bonds is 7. The third-order valence-electron chi connectivity index (χ3n) is 4.41. The largest absolute Gasteiger partial charge is 0.495 e. The molecule has 2 N–H and O–H groups in total. The van der Waals surface area contributed by atoms with E-state index >= 15 is 0 Å². The minimum atomic E-state index is -4.01. The molecule has 0 radical (unpaired) electrons. The molecule has 1 amide bonds. The molecule has 164 valence electrons. The highest BCUT2D eigenvalue weighted by molar-refractivity contribution is 7.89. The Bertz CT molecular complexity index is 1230. The second-order valence-corrected chi connectivity index (χ2v) is 8.89. The Kier molecular flexibility index (Phi) is 6.63. The molecule has 3 rings (SSSR count). The van der Waals surface area contributed by atoms with Gasteiger partial charge in [-0.15, -0.1) is 0 Å². The van der Waals surface area contributed by atoms with E-state index in [1.54, 1.807) is 38.1 Å². The fourth-order valence-corrected chi connectivity index (χ4v) is 4.52. The van der Waals surface area contributed by atoms with Crippen LogP contribution < -0.4 is 14.8 Å². The quantitative estimate of drug-likeness (QED) is 0.549. The molecule has 1 atom stereocenters. The van der Waals surface area contributed by atoms with Crippen molar-refractivity contribution in [2.75, 3.05) is 12.4 Å². The lowest BCUT2D eigenvalue weighted by molar-refractivity contribution is -0.117. The first-order valence-corrected chi connectivity index (χ1v) is 11.0. The number of methoxy groups -OCH3 is 1. The van der Waals surface area contributed by atoms with Gasteiger partial charge < -0.3 is 14.6 Å². The monoisotopic (exact) mass is 464 g/mol. The van der Waals surface area contributed by atoms with Crippen LogP contribution in [0, 0.1) is 13.8 Å². The number of sulfonamides is 1. The van der Waals surface area contributed by atoms with Gasteiger partial charge in [-0.3, -0.25) is 4.79 Å². The SMILES string of the molecule is COc1ccc(NC(=O)C(C)NS(=O)(=O)c2cc(-c3noc(C)n3)ccc2C)cc1Cl. The van der Waals surface area contributed by atoms with Gasteiger partial charge in [0, 0.05) is 18.2 Å². The van der Waals surface area contributed by atoms with Gasteiger partial charge in [0.05, 0.1) is 23.1 Å². The zero-order valence-corrected chi connectivity index (χ0v) is 18.8. The summed E-state index contributed by atoms with van der Waals surface area (Å²) in [5.74, 6) is 0.547. The predicted octanol–water partition coefficient (Wildman–Crippen LogP) is 3.32. The van der Waals surface area contributed by atoms with Crippen LogP contribution >= 0.6 is 11.6 Å². The average molecular weight is 465 g/mol. The van der Waals surface area contributed by atoms with E-state index in [1.165, 1.54) is 26.2 Å². The molecule has 0 spiro atoms. The maximum Gasteiger partial charge on any atom is 0.242 e. The van der Waals surface area contributed by atoms with Crippen LogP contribution in [0.1, 0.15) is 18.4 Å². The summed E-state index contributed by atoms with van der Waals surface area (Å²) in [4.78, 5) is 16.6. The van der Waals surface area contributed by atoms with Gasteiger partial charge in [0.25, 0.3) is 0 Å². The number of aryl methyl sites for hydroxylation is 2. The molecule has 0 saturated heterocycles. The van der Waals surface area contributed by atoms with E-state index in [-0.39, 0.29) is 10.7 Å². The first-order valence-electron chi connectivity index (χ1n) is 9.19. The van der Waals surface area contributed by atoms with Crippen molar-refractivity contribution in [1.82, 2.24) is 14.9 Å². The number of carbonyl (C=O) groups is 1. The lowest BCUT2D eigenvalue weighted by Gasteiger charge is -2.16. The summed E-state index contributed by atoms with van der Waals surface area (Å²) in [6.07, 6.45) is 0. The van der Waals surface area contributed by atoms with Gasteiger partial charge in [0.2, 0.25) is 27.6 Å². The average Bonchev–Trinajstić information content (AvgIpc) is 3.14. The second-order valence-electron chi connectivity index (χ2n) is 6.80. The standard InChI is InChI=1S/C20H21ClN4O5S/c1-11-5-6-14(19-22-13(3)30-24-19)9-18(11)31(27,28)25-12(2)20(26)23-15-7-8-17(29-4)16(21)10-15/h5-10,12,25H,1-4H3,(H,23,26). The molecular weight excluding hydrogens is 444 g/mol. The highest BCUT2D eigenvalue weighted by atomic mass is 35.5. The van der Waals surface area contributed by atoms with Gasteiger partial charge in [-0.1, -0.05) is 28.9 Å². The van der Waals surface area contributed by atoms with Crippen molar-refractivity contribution in [2.24, 2.45) is 0 Å². The van der Waals surface area contributed by atoms with Crippen molar-refractivity contribution in [3.05, 3.63) is 52.9 Å². The van der Waals surface area contributed by atoms with E-state index in [2.05, 4.69) is 20.2 Å². The van der Waals surface area contributed by atoms with Crippen LogP contribution in [0.3, 0.4) is 0 Å². The van der Waals surface area contributed by atoms with Crippen LogP contribution in [0.2, 0.25) is 5.02 Å². The molecule has 31 heavy (non-hydrogen) atoms. The topological polar surface area (TPSA) is 123 Å². The number of nitrogens with one attached hydrogen (secondary N) is 2. The van der Waals surface area contributed by atoms with E-state index in [9.17, 15) is 13.2 Å². The van der Waals surface area contributed by atoms with Crippen LogP contribution in [0.4, 0.5) is 5.69 Å². The number of aromatic nitrogens is 2. The minimum Gasteiger partial charge on any atom is -0.495 e. The van der Waals surface area contributed by atoms with Gasteiger partial charge in [-0.05, 0) is 43.7 Å². The zero-order chi connectivity index (χ0) is 22.8. The number of amides is 1. The smallest absolute Gasteiger partial charge is 0.242 e. The van der Waals surface area contributed by atoms with Gasteiger partial charge >= 0.3 is 0 Å². The molecule has 1 heterocycles. The van der Waals surface area contributed by atoms with Crippen molar-refractivity contribution < 1.29 is 22.5 Å².